The van der Waals surface area contributed by atoms with Crippen LogP contribution in [0.25, 0.3) is 11.1 Å². The van der Waals surface area contributed by atoms with E-state index in [1.807, 2.05) is 30.3 Å². The summed E-state index contributed by atoms with van der Waals surface area (Å²) < 4.78 is 5.84. The Labute approximate surface area is 176 Å². The van der Waals surface area contributed by atoms with Crippen LogP contribution in [-0.4, -0.2) is 29.0 Å². The molecule has 6 nitrogen and oxygen atoms in total. The molecule has 0 bridgehead atoms. The second kappa shape index (κ2) is 9.32. The van der Waals surface area contributed by atoms with Gasteiger partial charge in [-0.25, -0.2) is 4.79 Å². The number of nitrogens with zero attached hydrogens (tertiary/aromatic N) is 1. The third kappa shape index (κ3) is 5.40. The topological polar surface area (TPSA) is 88.4 Å². The van der Waals surface area contributed by atoms with Crippen LogP contribution in [0, 0.1) is 0 Å². The third-order valence-corrected chi connectivity index (χ3v) is 4.32. The smallest absolute Gasteiger partial charge is 0.344 e. The molecule has 2 N–H and O–H groups in total. The van der Waals surface area contributed by atoms with Crippen molar-refractivity contribution in [2.24, 2.45) is 5.16 Å². The quantitative estimate of drug-likeness (QED) is 0.375. The number of carboxylic acid groups (broad SMARTS) is 1. The molecule has 0 aliphatic carbocycles. The Hall–Kier alpha value is -3.22. The third-order valence-electron chi connectivity index (χ3n) is 3.76. The number of phenols is 1. The average Bonchev–Trinajstić information content (AvgIpc) is 2.70. The first-order valence-electron chi connectivity index (χ1n) is 8.36. The molecule has 0 saturated heterocycles. The number of oxime groups is 1. The molecule has 8 heteroatoms. The Balaban J connectivity index is 1.83. The van der Waals surface area contributed by atoms with E-state index in [1.165, 1.54) is 12.3 Å². The monoisotopic (exact) mass is 431 g/mol. The van der Waals surface area contributed by atoms with Crippen molar-refractivity contribution in [1.82, 2.24) is 0 Å². The molecule has 0 fully saturated rings. The van der Waals surface area contributed by atoms with Crippen molar-refractivity contribution in [3.8, 4) is 28.4 Å². The molecule has 0 unspecified atom stereocenters. The molecule has 0 aliphatic heterocycles. The van der Waals surface area contributed by atoms with Crippen LogP contribution in [-0.2, 0) is 9.63 Å². The van der Waals surface area contributed by atoms with E-state index >= 15 is 0 Å². The number of phenolic OH excluding ortho intramolecular Hbond substituents is 1. The van der Waals surface area contributed by atoms with Crippen LogP contribution in [0.4, 0.5) is 0 Å². The maximum atomic E-state index is 10.4. The second-order valence-electron chi connectivity index (χ2n) is 5.86. The van der Waals surface area contributed by atoms with Gasteiger partial charge in [-0.05, 0) is 41.5 Å². The highest BCUT2D eigenvalue weighted by Gasteiger charge is 2.13. The summed E-state index contributed by atoms with van der Waals surface area (Å²) in [5.41, 5.74) is 1.95. The summed E-state index contributed by atoms with van der Waals surface area (Å²) in [7, 11) is 0. The normalized spacial score (nSPS) is 10.8. The van der Waals surface area contributed by atoms with Gasteiger partial charge in [-0.3, -0.25) is 0 Å². The number of aliphatic carboxylic acids is 1. The lowest BCUT2D eigenvalue weighted by Gasteiger charge is -2.12. The van der Waals surface area contributed by atoms with Gasteiger partial charge < -0.3 is 19.8 Å². The maximum Gasteiger partial charge on any atom is 0.344 e. The first kappa shape index (κ1) is 20.5. The number of carboxylic acids is 1. The maximum absolute atomic E-state index is 10.4. The second-order valence-corrected chi connectivity index (χ2v) is 6.68. The number of hydrogen-bond acceptors (Lipinski definition) is 5. The van der Waals surface area contributed by atoms with Crippen molar-refractivity contribution in [2.75, 3.05) is 6.61 Å². The van der Waals surface area contributed by atoms with Gasteiger partial charge in [-0.1, -0.05) is 58.7 Å². The summed E-state index contributed by atoms with van der Waals surface area (Å²) in [5.74, 6) is -0.335. The van der Waals surface area contributed by atoms with Crippen LogP contribution in [0.5, 0.6) is 17.2 Å². The summed E-state index contributed by atoms with van der Waals surface area (Å²) in [6, 6.07) is 17.3. The largest absolute Gasteiger partial charge is 0.507 e. The van der Waals surface area contributed by atoms with Crippen molar-refractivity contribution in [1.29, 1.82) is 0 Å². The zero-order valence-electron chi connectivity index (χ0n) is 14.9. The van der Waals surface area contributed by atoms with Gasteiger partial charge in [-0.15, -0.1) is 0 Å². The molecule has 0 spiro atoms. The molecule has 3 aromatic carbocycles. The van der Waals surface area contributed by atoms with Gasteiger partial charge >= 0.3 is 5.97 Å². The van der Waals surface area contributed by atoms with Crippen molar-refractivity contribution in [3.05, 3.63) is 76.3 Å². The highest BCUT2D eigenvalue weighted by molar-refractivity contribution is 6.37. The van der Waals surface area contributed by atoms with Gasteiger partial charge in [0.15, 0.2) is 5.75 Å². The van der Waals surface area contributed by atoms with Crippen LogP contribution >= 0.6 is 23.2 Å². The van der Waals surface area contributed by atoms with E-state index < -0.39 is 12.6 Å². The van der Waals surface area contributed by atoms with Gasteiger partial charge in [-0.2, -0.15) is 0 Å². The van der Waals surface area contributed by atoms with Crippen molar-refractivity contribution in [3.63, 3.8) is 0 Å². The summed E-state index contributed by atoms with van der Waals surface area (Å²) in [4.78, 5) is 15.0. The van der Waals surface area contributed by atoms with Crippen molar-refractivity contribution in [2.45, 2.75) is 0 Å². The van der Waals surface area contributed by atoms with Gasteiger partial charge in [0, 0.05) is 5.56 Å². The fourth-order valence-electron chi connectivity index (χ4n) is 2.49. The Bertz CT molecular complexity index is 1030. The molecule has 0 aromatic heterocycles. The molecule has 0 amide bonds. The number of hydrogen-bond donors (Lipinski definition) is 2. The highest BCUT2D eigenvalue weighted by Crippen LogP contribution is 2.39. The number of carbonyl (C=O) groups is 1. The Morgan fingerprint density at radius 3 is 2.38 bits per heavy atom. The lowest BCUT2D eigenvalue weighted by atomic mass is 10.0. The minimum absolute atomic E-state index is 0.119. The van der Waals surface area contributed by atoms with Crippen LogP contribution in [0.1, 0.15) is 5.56 Å². The predicted molar refractivity (Wildman–Crippen MR) is 111 cm³/mol. The number of ether oxygens (including phenoxy) is 1. The van der Waals surface area contributed by atoms with Crippen molar-refractivity contribution >= 4 is 35.4 Å². The number of aromatic hydroxyl groups is 1. The van der Waals surface area contributed by atoms with Gasteiger partial charge in [0.05, 0.1) is 16.3 Å². The lowest BCUT2D eigenvalue weighted by molar-refractivity contribution is -0.142. The van der Waals surface area contributed by atoms with E-state index in [2.05, 4.69) is 9.99 Å². The number of benzene rings is 3. The zero-order valence-corrected chi connectivity index (χ0v) is 16.4. The van der Waals surface area contributed by atoms with Crippen molar-refractivity contribution < 1.29 is 24.6 Å². The molecule has 0 heterocycles. The summed E-state index contributed by atoms with van der Waals surface area (Å²) >= 11 is 12.6. The van der Waals surface area contributed by atoms with Gasteiger partial charge in [0.2, 0.25) is 6.61 Å². The molecule has 0 saturated carbocycles. The summed E-state index contributed by atoms with van der Waals surface area (Å²) in [6.45, 7) is -0.552. The van der Waals surface area contributed by atoms with Gasteiger partial charge in [0.1, 0.15) is 11.5 Å². The standard InChI is InChI=1S/C21H15Cl2NO5/c22-17-8-13(11-24-28-12-20(26)27)9-18(23)21(17)29-15-6-7-19(25)16(10-15)14-4-2-1-3-5-14/h1-11,25H,12H2,(H,26,27). The first-order chi connectivity index (χ1) is 13.9. The molecule has 3 aromatic rings. The Kier molecular flexibility index (Phi) is 6.59. The number of rotatable bonds is 7. The minimum Gasteiger partial charge on any atom is -0.507 e. The van der Waals surface area contributed by atoms with E-state index in [0.717, 1.165) is 5.56 Å². The van der Waals surface area contributed by atoms with E-state index in [0.29, 0.717) is 16.9 Å². The van der Waals surface area contributed by atoms with Crippen LogP contribution in [0.3, 0.4) is 0 Å². The van der Waals surface area contributed by atoms with Gasteiger partial charge in [0.25, 0.3) is 0 Å². The SMILES string of the molecule is O=C(O)CON=Cc1cc(Cl)c(Oc2ccc(O)c(-c3ccccc3)c2)c(Cl)c1. The van der Waals surface area contributed by atoms with E-state index in [1.54, 1.807) is 24.3 Å². The Morgan fingerprint density at radius 1 is 1.03 bits per heavy atom. The van der Waals surface area contributed by atoms with Crippen LogP contribution < -0.4 is 4.74 Å². The predicted octanol–water partition coefficient (Wildman–Crippen LogP) is 5.59. The molecule has 0 radical (unpaired) electrons. The lowest BCUT2D eigenvalue weighted by Crippen LogP contribution is -2.03. The van der Waals surface area contributed by atoms with E-state index in [-0.39, 0.29) is 21.5 Å². The molecule has 0 atom stereocenters. The summed E-state index contributed by atoms with van der Waals surface area (Å²) in [5, 5.41) is 22.7. The van der Waals surface area contributed by atoms with Crippen LogP contribution in [0.2, 0.25) is 10.0 Å². The summed E-state index contributed by atoms with van der Waals surface area (Å²) in [6.07, 6.45) is 1.29. The Morgan fingerprint density at radius 2 is 1.72 bits per heavy atom. The van der Waals surface area contributed by atoms with Crippen LogP contribution in [0.15, 0.2) is 65.8 Å². The minimum atomic E-state index is -1.13. The molecule has 0 aliphatic rings. The van der Waals surface area contributed by atoms with E-state index in [9.17, 15) is 9.90 Å². The molecule has 3 rings (SSSR count). The molecule has 148 valence electrons. The molecule has 29 heavy (non-hydrogen) atoms. The highest BCUT2D eigenvalue weighted by atomic mass is 35.5. The van der Waals surface area contributed by atoms with E-state index in [4.69, 9.17) is 33.0 Å². The zero-order chi connectivity index (χ0) is 20.8. The number of halogens is 2. The first-order valence-corrected chi connectivity index (χ1v) is 9.12. The fraction of sp³-hybridized carbons (Fsp3) is 0.0476. The molecular formula is C21H15Cl2NO5. The fourth-order valence-corrected chi connectivity index (χ4v) is 3.07. The average molecular weight is 432 g/mol. The molecular weight excluding hydrogens is 417 g/mol.